The summed E-state index contributed by atoms with van der Waals surface area (Å²) >= 11 is 5.72. The first-order valence-corrected chi connectivity index (χ1v) is 10.3. The number of hydrogen-bond donors (Lipinski definition) is 1. The normalized spacial score (nSPS) is 11.4. The number of sulfonamides is 1. The lowest BCUT2D eigenvalue weighted by Crippen LogP contribution is -2.37. The summed E-state index contributed by atoms with van der Waals surface area (Å²) in [5.41, 5.74) is -0.0437. The van der Waals surface area contributed by atoms with E-state index >= 15 is 0 Å². The zero-order valence-electron chi connectivity index (χ0n) is 15.3. The number of nitro benzene ring substituents is 1. The van der Waals surface area contributed by atoms with E-state index in [4.69, 9.17) is 16.0 Å². The SMILES string of the molecule is O=C(CN(Cc1ccco1)S(=O)(=O)c1ccc(Cl)nc1)Nc1cccc([N+](=O)[O-])c1. The minimum Gasteiger partial charge on any atom is -0.468 e. The average molecular weight is 451 g/mol. The summed E-state index contributed by atoms with van der Waals surface area (Å²) in [4.78, 5) is 26.4. The third-order valence-electron chi connectivity index (χ3n) is 3.91. The van der Waals surface area contributed by atoms with Crippen molar-refractivity contribution in [3.05, 3.63) is 82.0 Å². The maximum absolute atomic E-state index is 13.0. The summed E-state index contributed by atoms with van der Waals surface area (Å²) in [6, 6.07) is 11.1. The van der Waals surface area contributed by atoms with Crippen LogP contribution in [0.4, 0.5) is 11.4 Å². The quantitative estimate of drug-likeness (QED) is 0.316. The van der Waals surface area contributed by atoms with Crippen LogP contribution >= 0.6 is 11.6 Å². The van der Waals surface area contributed by atoms with Crippen LogP contribution in [-0.4, -0.2) is 35.1 Å². The number of rotatable bonds is 8. The molecule has 10 nitrogen and oxygen atoms in total. The minimum atomic E-state index is -4.12. The van der Waals surface area contributed by atoms with Gasteiger partial charge in [0.05, 0.1) is 24.3 Å². The number of pyridine rings is 1. The van der Waals surface area contributed by atoms with Crippen LogP contribution in [0, 0.1) is 10.1 Å². The molecule has 2 heterocycles. The third kappa shape index (κ3) is 5.20. The highest BCUT2D eigenvalue weighted by atomic mass is 35.5. The molecule has 0 fully saturated rings. The van der Waals surface area contributed by atoms with Crippen LogP contribution in [0.25, 0.3) is 0 Å². The molecular formula is C18H15ClN4O6S. The number of benzene rings is 1. The molecule has 0 aliphatic rings. The van der Waals surface area contributed by atoms with Crippen LogP contribution in [-0.2, 0) is 21.4 Å². The van der Waals surface area contributed by atoms with Gasteiger partial charge in [0.1, 0.15) is 15.8 Å². The van der Waals surface area contributed by atoms with E-state index in [2.05, 4.69) is 10.3 Å². The van der Waals surface area contributed by atoms with Crippen molar-refractivity contribution in [2.24, 2.45) is 0 Å². The largest absolute Gasteiger partial charge is 0.468 e. The first kappa shape index (κ1) is 21.4. The smallest absolute Gasteiger partial charge is 0.271 e. The van der Waals surface area contributed by atoms with Gasteiger partial charge in [0.25, 0.3) is 5.69 Å². The first-order chi connectivity index (χ1) is 14.3. The second-order valence-corrected chi connectivity index (χ2v) is 8.35. The number of hydrogen-bond acceptors (Lipinski definition) is 7. The summed E-state index contributed by atoms with van der Waals surface area (Å²) in [5, 5.41) is 13.5. The molecule has 30 heavy (non-hydrogen) atoms. The zero-order valence-corrected chi connectivity index (χ0v) is 16.8. The van der Waals surface area contributed by atoms with E-state index in [9.17, 15) is 23.3 Å². The Balaban J connectivity index is 1.83. The van der Waals surface area contributed by atoms with Crippen molar-refractivity contribution in [3.63, 3.8) is 0 Å². The van der Waals surface area contributed by atoms with Crippen molar-refractivity contribution in [1.29, 1.82) is 0 Å². The fourth-order valence-electron chi connectivity index (χ4n) is 2.52. The Kier molecular flexibility index (Phi) is 6.45. The number of non-ortho nitro benzene ring substituents is 1. The lowest BCUT2D eigenvalue weighted by atomic mass is 10.3. The lowest BCUT2D eigenvalue weighted by molar-refractivity contribution is -0.384. The van der Waals surface area contributed by atoms with Gasteiger partial charge in [-0.05, 0) is 30.3 Å². The van der Waals surface area contributed by atoms with Crippen molar-refractivity contribution < 1.29 is 22.6 Å². The standard InChI is InChI=1S/C18H15ClN4O6S/c19-17-7-6-16(10-20-17)30(27,28)22(11-15-5-2-8-29-15)12-18(24)21-13-3-1-4-14(9-13)23(25)26/h1-10H,11-12H2,(H,21,24). The van der Waals surface area contributed by atoms with Crippen LogP contribution in [0.15, 0.2) is 70.3 Å². The van der Waals surface area contributed by atoms with Gasteiger partial charge in [-0.15, -0.1) is 0 Å². The van der Waals surface area contributed by atoms with Gasteiger partial charge in [-0.2, -0.15) is 4.31 Å². The van der Waals surface area contributed by atoms with E-state index in [1.807, 2.05) is 0 Å². The van der Waals surface area contributed by atoms with Crippen LogP contribution in [0.3, 0.4) is 0 Å². The third-order valence-corrected chi connectivity index (χ3v) is 5.91. The maximum Gasteiger partial charge on any atom is 0.271 e. The zero-order chi connectivity index (χ0) is 21.7. The Morgan fingerprint density at radius 1 is 1.23 bits per heavy atom. The fraction of sp³-hybridized carbons (Fsp3) is 0.111. The molecule has 0 spiro atoms. The highest BCUT2D eigenvalue weighted by Crippen LogP contribution is 2.21. The van der Waals surface area contributed by atoms with Gasteiger partial charge in [0.2, 0.25) is 15.9 Å². The molecule has 0 saturated heterocycles. The molecule has 3 rings (SSSR count). The van der Waals surface area contributed by atoms with Crippen LogP contribution < -0.4 is 5.32 Å². The summed E-state index contributed by atoms with van der Waals surface area (Å²) in [6.45, 7) is -0.769. The maximum atomic E-state index is 13.0. The molecule has 0 saturated carbocycles. The Bertz CT molecular complexity index is 1150. The van der Waals surface area contributed by atoms with E-state index in [1.54, 1.807) is 12.1 Å². The molecule has 12 heteroatoms. The molecule has 156 valence electrons. The predicted octanol–water partition coefficient (Wildman–Crippen LogP) is 3.07. The molecular weight excluding hydrogens is 436 g/mol. The molecule has 3 aromatic rings. The van der Waals surface area contributed by atoms with Gasteiger partial charge >= 0.3 is 0 Å². The Hall–Kier alpha value is -3.28. The highest BCUT2D eigenvalue weighted by Gasteiger charge is 2.28. The van der Waals surface area contributed by atoms with Gasteiger partial charge in [-0.3, -0.25) is 14.9 Å². The molecule has 0 radical (unpaired) electrons. The van der Waals surface area contributed by atoms with E-state index in [0.29, 0.717) is 5.76 Å². The summed E-state index contributed by atoms with van der Waals surface area (Å²) < 4.78 is 32.2. The van der Waals surface area contributed by atoms with Crippen molar-refractivity contribution in [2.45, 2.75) is 11.4 Å². The monoisotopic (exact) mass is 450 g/mol. The molecule has 0 bridgehead atoms. The number of furan rings is 1. The van der Waals surface area contributed by atoms with Crippen molar-refractivity contribution in [3.8, 4) is 0 Å². The molecule has 2 aromatic heterocycles. The molecule has 0 aliphatic carbocycles. The van der Waals surface area contributed by atoms with E-state index in [1.165, 1.54) is 42.7 Å². The van der Waals surface area contributed by atoms with Gasteiger partial charge in [0, 0.05) is 24.0 Å². The summed E-state index contributed by atoms with van der Waals surface area (Å²) in [5.74, 6) is -0.365. The van der Waals surface area contributed by atoms with Gasteiger partial charge in [-0.1, -0.05) is 17.7 Å². The number of carbonyl (C=O) groups excluding carboxylic acids is 1. The van der Waals surface area contributed by atoms with E-state index in [-0.39, 0.29) is 28.0 Å². The highest BCUT2D eigenvalue weighted by molar-refractivity contribution is 7.89. The molecule has 1 aromatic carbocycles. The van der Waals surface area contributed by atoms with Crippen LogP contribution in [0.1, 0.15) is 5.76 Å². The number of nitrogens with one attached hydrogen (secondary N) is 1. The number of nitro groups is 1. The predicted molar refractivity (Wildman–Crippen MR) is 107 cm³/mol. The van der Waals surface area contributed by atoms with Crippen molar-refractivity contribution in [1.82, 2.24) is 9.29 Å². The average Bonchev–Trinajstić information content (AvgIpc) is 3.21. The number of amides is 1. The fourth-order valence-corrected chi connectivity index (χ4v) is 3.94. The van der Waals surface area contributed by atoms with Gasteiger partial charge in [0.15, 0.2) is 0 Å². The number of nitrogens with zero attached hydrogens (tertiary/aromatic N) is 3. The molecule has 1 amide bonds. The summed E-state index contributed by atoms with van der Waals surface area (Å²) in [6.07, 6.45) is 2.47. The van der Waals surface area contributed by atoms with Crippen molar-refractivity contribution >= 4 is 38.9 Å². The molecule has 0 aliphatic heterocycles. The van der Waals surface area contributed by atoms with Gasteiger partial charge < -0.3 is 9.73 Å². The lowest BCUT2D eigenvalue weighted by Gasteiger charge is -2.20. The number of anilines is 1. The van der Waals surface area contributed by atoms with E-state index in [0.717, 1.165) is 10.5 Å². The van der Waals surface area contributed by atoms with Gasteiger partial charge in [-0.25, -0.2) is 13.4 Å². The van der Waals surface area contributed by atoms with E-state index < -0.39 is 27.4 Å². The van der Waals surface area contributed by atoms with Crippen LogP contribution in [0.2, 0.25) is 5.15 Å². The topological polar surface area (TPSA) is 136 Å². The summed E-state index contributed by atoms with van der Waals surface area (Å²) in [7, 11) is -4.12. The number of halogens is 1. The molecule has 0 atom stereocenters. The Labute approximate surface area is 176 Å². The first-order valence-electron chi connectivity index (χ1n) is 8.44. The number of carbonyl (C=O) groups is 1. The second-order valence-electron chi connectivity index (χ2n) is 6.02. The Morgan fingerprint density at radius 3 is 2.67 bits per heavy atom. The molecule has 1 N–H and O–H groups in total. The molecule has 0 unspecified atom stereocenters. The Morgan fingerprint density at radius 2 is 2.03 bits per heavy atom. The van der Waals surface area contributed by atoms with Crippen LogP contribution in [0.5, 0.6) is 0 Å². The number of aromatic nitrogens is 1. The minimum absolute atomic E-state index is 0.120. The van der Waals surface area contributed by atoms with Crippen molar-refractivity contribution in [2.75, 3.05) is 11.9 Å². The second kappa shape index (κ2) is 9.03.